The summed E-state index contributed by atoms with van der Waals surface area (Å²) in [7, 11) is 0. The molecule has 0 radical (unpaired) electrons. The Kier molecular flexibility index (Phi) is 7.88. The van der Waals surface area contributed by atoms with E-state index in [-0.39, 0.29) is 28.8 Å². The monoisotopic (exact) mass is 499 g/mol. The number of halogens is 4. The quantitative estimate of drug-likeness (QED) is 0.598. The SMILES string of the molecule is Nc1ncc(Cl)c(OCC2CCC(N(CC(F)(F)F)c3ccc(N4CCOCC4)cc3)CC2)n1. The molecule has 1 aromatic carbocycles. The van der Waals surface area contributed by atoms with Crippen LogP contribution in [0, 0.1) is 5.92 Å². The molecular weight excluding hydrogens is 471 g/mol. The minimum atomic E-state index is -4.29. The molecule has 34 heavy (non-hydrogen) atoms. The Labute approximate surface area is 202 Å². The molecule has 7 nitrogen and oxygen atoms in total. The van der Waals surface area contributed by atoms with Gasteiger partial charge >= 0.3 is 6.18 Å². The Morgan fingerprint density at radius 2 is 1.79 bits per heavy atom. The summed E-state index contributed by atoms with van der Waals surface area (Å²) in [5, 5.41) is 0.278. The molecule has 186 valence electrons. The van der Waals surface area contributed by atoms with E-state index >= 15 is 0 Å². The van der Waals surface area contributed by atoms with Crippen LogP contribution in [0.5, 0.6) is 5.88 Å². The van der Waals surface area contributed by atoms with Gasteiger partial charge in [0.05, 0.1) is 26.0 Å². The number of nitrogens with zero attached hydrogens (tertiary/aromatic N) is 4. The molecule has 2 fully saturated rings. The van der Waals surface area contributed by atoms with Gasteiger partial charge in [-0.1, -0.05) is 11.6 Å². The molecule has 1 saturated heterocycles. The number of nitrogen functional groups attached to an aromatic ring is 1. The number of aromatic nitrogens is 2. The standard InChI is InChI=1S/C23H29ClF3N5O2/c24-20-13-29-22(28)30-21(20)34-14-16-1-3-18(4-2-16)32(15-23(25,26)27)19-7-5-17(6-8-19)31-9-11-33-12-10-31/h5-8,13,16,18H,1-4,9-12,14-15H2,(H2,28,29,30). The van der Waals surface area contributed by atoms with Gasteiger partial charge in [0.15, 0.2) is 0 Å². The van der Waals surface area contributed by atoms with Crippen molar-refractivity contribution >= 4 is 28.9 Å². The Morgan fingerprint density at radius 3 is 2.44 bits per heavy atom. The van der Waals surface area contributed by atoms with Crippen LogP contribution in [-0.4, -0.2) is 61.6 Å². The van der Waals surface area contributed by atoms with Crippen LogP contribution in [0.25, 0.3) is 0 Å². The first kappa shape index (κ1) is 24.7. The van der Waals surface area contributed by atoms with Crippen molar-refractivity contribution in [2.24, 2.45) is 5.92 Å². The van der Waals surface area contributed by atoms with Crippen LogP contribution in [0.4, 0.5) is 30.5 Å². The summed E-state index contributed by atoms with van der Waals surface area (Å²) < 4.78 is 51.5. The summed E-state index contributed by atoms with van der Waals surface area (Å²) in [6, 6.07) is 7.22. The summed E-state index contributed by atoms with van der Waals surface area (Å²) >= 11 is 6.04. The highest BCUT2D eigenvalue weighted by molar-refractivity contribution is 6.31. The molecular formula is C23H29ClF3N5O2. The lowest BCUT2D eigenvalue weighted by Gasteiger charge is -2.39. The van der Waals surface area contributed by atoms with Gasteiger partial charge < -0.3 is 25.0 Å². The fourth-order valence-electron chi connectivity index (χ4n) is 4.59. The van der Waals surface area contributed by atoms with Gasteiger partial charge in [0.25, 0.3) is 0 Å². The zero-order chi connectivity index (χ0) is 24.1. The second kappa shape index (κ2) is 10.9. The van der Waals surface area contributed by atoms with E-state index in [4.69, 9.17) is 26.8 Å². The molecule has 2 N–H and O–H groups in total. The van der Waals surface area contributed by atoms with Crippen molar-refractivity contribution < 1.29 is 22.6 Å². The first-order valence-corrected chi connectivity index (χ1v) is 11.8. The second-order valence-electron chi connectivity index (χ2n) is 8.73. The van der Waals surface area contributed by atoms with Gasteiger partial charge in [-0.05, 0) is 55.9 Å². The van der Waals surface area contributed by atoms with Crippen LogP contribution in [0.2, 0.25) is 5.02 Å². The van der Waals surface area contributed by atoms with E-state index in [2.05, 4.69) is 14.9 Å². The Balaban J connectivity index is 1.37. The van der Waals surface area contributed by atoms with Gasteiger partial charge in [-0.25, -0.2) is 4.98 Å². The van der Waals surface area contributed by atoms with Crippen molar-refractivity contribution in [2.45, 2.75) is 37.9 Å². The van der Waals surface area contributed by atoms with Gasteiger partial charge in [-0.15, -0.1) is 0 Å². The third-order valence-electron chi connectivity index (χ3n) is 6.35. The number of alkyl halides is 3. The normalized spacial score (nSPS) is 21.4. The molecule has 2 aromatic rings. The smallest absolute Gasteiger partial charge is 0.405 e. The summed E-state index contributed by atoms with van der Waals surface area (Å²) in [5.74, 6) is 0.515. The highest BCUT2D eigenvalue weighted by atomic mass is 35.5. The number of nitrogens with two attached hydrogens (primary N) is 1. The maximum absolute atomic E-state index is 13.5. The lowest BCUT2D eigenvalue weighted by molar-refractivity contribution is -0.121. The lowest BCUT2D eigenvalue weighted by Crippen LogP contribution is -2.44. The predicted molar refractivity (Wildman–Crippen MR) is 126 cm³/mol. The van der Waals surface area contributed by atoms with Gasteiger partial charge in [0.2, 0.25) is 11.8 Å². The average Bonchev–Trinajstić information content (AvgIpc) is 2.84. The number of hydrogen-bond donors (Lipinski definition) is 1. The van der Waals surface area contributed by atoms with Crippen molar-refractivity contribution in [2.75, 3.05) is 55.0 Å². The zero-order valence-electron chi connectivity index (χ0n) is 18.8. The fraction of sp³-hybridized carbons (Fsp3) is 0.565. The molecule has 0 atom stereocenters. The van der Waals surface area contributed by atoms with Crippen LogP contribution in [0.3, 0.4) is 0 Å². The first-order chi connectivity index (χ1) is 16.3. The van der Waals surface area contributed by atoms with E-state index < -0.39 is 12.7 Å². The lowest BCUT2D eigenvalue weighted by atomic mass is 9.85. The molecule has 0 amide bonds. The number of hydrogen-bond acceptors (Lipinski definition) is 7. The molecule has 0 unspecified atom stereocenters. The summed E-state index contributed by atoms with van der Waals surface area (Å²) in [6.45, 7) is 2.30. The molecule has 0 bridgehead atoms. The number of rotatable bonds is 7. The van der Waals surface area contributed by atoms with Crippen molar-refractivity contribution in [3.8, 4) is 5.88 Å². The largest absolute Gasteiger partial charge is 0.476 e. The summed E-state index contributed by atoms with van der Waals surface area (Å²) in [4.78, 5) is 11.5. The zero-order valence-corrected chi connectivity index (χ0v) is 19.6. The van der Waals surface area contributed by atoms with Crippen molar-refractivity contribution in [1.29, 1.82) is 0 Å². The first-order valence-electron chi connectivity index (χ1n) is 11.5. The molecule has 11 heteroatoms. The molecule has 1 aromatic heterocycles. The van der Waals surface area contributed by atoms with Gasteiger partial charge in [0.1, 0.15) is 11.6 Å². The molecule has 2 heterocycles. The van der Waals surface area contributed by atoms with E-state index in [0.717, 1.165) is 31.6 Å². The topological polar surface area (TPSA) is 76.7 Å². The van der Waals surface area contributed by atoms with Crippen LogP contribution in [-0.2, 0) is 4.74 Å². The minimum absolute atomic E-state index is 0.0746. The van der Waals surface area contributed by atoms with Crippen molar-refractivity contribution in [1.82, 2.24) is 9.97 Å². The van der Waals surface area contributed by atoms with Crippen molar-refractivity contribution in [3.63, 3.8) is 0 Å². The average molecular weight is 500 g/mol. The van der Waals surface area contributed by atoms with E-state index in [9.17, 15) is 13.2 Å². The molecule has 4 rings (SSSR count). The third-order valence-corrected chi connectivity index (χ3v) is 6.61. The van der Waals surface area contributed by atoms with Crippen molar-refractivity contribution in [3.05, 3.63) is 35.5 Å². The van der Waals surface area contributed by atoms with Gasteiger partial charge in [-0.2, -0.15) is 18.2 Å². The number of ether oxygens (including phenoxy) is 2. The molecule has 1 aliphatic heterocycles. The Hall–Kier alpha value is -2.46. The second-order valence-corrected chi connectivity index (χ2v) is 9.13. The Morgan fingerprint density at radius 1 is 1.12 bits per heavy atom. The number of anilines is 3. The summed E-state index contributed by atoms with van der Waals surface area (Å²) in [5.41, 5.74) is 7.18. The summed E-state index contributed by atoms with van der Waals surface area (Å²) in [6.07, 6.45) is -0.0991. The highest BCUT2D eigenvalue weighted by Crippen LogP contribution is 2.34. The maximum atomic E-state index is 13.5. The number of benzene rings is 1. The van der Waals surface area contributed by atoms with Crippen LogP contribution >= 0.6 is 11.6 Å². The van der Waals surface area contributed by atoms with Gasteiger partial charge in [0, 0.05) is 30.5 Å². The minimum Gasteiger partial charge on any atom is -0.476 e. The molecule has 1 aliphatic carbocycles. The predicted octanol–water partition coefficient (Wildman–Crippen LogP) is 4.56. The van der Waals surface area contributed by atoms with E-state index in [1.54, 1.807) is 12.1 Å². The van der Waals surface area contributed by atoms with Crippen LogP contribution in [0.1, 0.15) is 25.7 Å². The molecule has 0 spiro atoms. The van der Waals surface area contributed by atoms with E-state index in [1.807, 2.05) is 12.1 Å². The molecule has 1 saturated carbocycles. The Bertz CT molecular complexity index is 933. The van der Waals surface area contributed by atoms with Gasteiger partial charge in [-0.3, -0.25) is 0 Å². The molecule has 2 aliphatic rings. The van der Waals surface area contributed by atoms with Crippen LogP contribution < -0.4 is 20.3 Å². The fourth-order valence-corrected chi connectivity index (χ4v) is 4.73. The highest BCUT2D eigenvalue weighted by Gasteiger charge is 2.36. The van der Waals surface area contributed by atoms with Crippen LogP contribution in [0.15, 0.2) is 30.5 Å². The maximum Gasteiger partial charge on any atom is 0.405 e. The third kappa shape index (κ3) is 6.56. The van der Waals surface area contributed by atoms with E-state index in [0.29, 0.717) is 38.3 Å². The number of morpholine rings is 1. The van der Waals surface area contributed by atoms with E-state index in [1.165, 1.54) is 11.1 Å².